The third-order valence-corrected chi connectivity index (χ3v) is 5.89. The predicted molar refractivity (Wildman–Crippen MR) is 88.2 cm³/mol. The lowest BCUT2D eigenvalue weighted by molar-refractivity contribution is 0.0934. The number of amides is 1. The fourth-order valence-corrected chi connectivity index (χ4v) is 4.80. The van der Waals surface area contributed by atoms with E-state index in [0.717, 1.165) is 35.0 Å². The first-order valence-electron chi connectivity index (χ1n) is 7.89. The van der Waals surface area contributed by atoms with Crippen LogP contribution in [0.15, 0.2) is 24.4 Å². The fraction of sp³-hybridized carbons (Fsp3) is 0.412. The highest BCUT2D eigenvalue weighted by molar-refractivity contribution is 7.16. The topological polar surface area (TPSA) is 54.0 Å². The molecule has 1 aliphatic heterocycles. The summed E-state index contributed by atoms with van der Waals surface area (Å²) in [6.07, 6.45) is 6.09. The largest absolute Gasteiger partial charge is 0.351 e. The summed E-state index contributed by atoms with van der Waals surface area (Å²) in [5.41, 5.74) is 3.00. The Morgan fingerprint density at radius 3 is 3.05 bits per heavy atom. The second-order valence-electron chi connectivity index (χ2n) is 6.03. The van der Waals surface area contributed by atoms with E-state index in [1.165, 1.54) is 23.3 Å². The molecule has 2 N–H and O–H groups in total. The summed E-state index contributed by atoms with van der Waals surface area (Å²) in [6, 6.07) is 5.76. The zero-order valence-corrected chi connectivity index (χ0v) is 13.4. The standard InChI is InChI=1S/C17H19N3OS/c1-2-10-6-7-11-13(9-10)22-17-14(11)16(21)19-15(20-17)12-5-3-4-8-18-12/h3-5,8,10,15,20H,2,6-7,9H2,1H3,(H,19,21)/t10-,15-/m1/s1. The smallest absolute Gasteiger partial charge is 0.256 e. The second-order valence-corrected chi connectivity index (χ2v) is 7.14. The maximum Gasteiger partial charge on any atom is 0.256 e. The summed E-state index contributed by atoms with van der Waals surface area (Å²) in [7, 11) is 0. The first kappa shape index (κ1) is 13.8. The van der Waals surface area contributed by atoms with E-state index in [0.29, 0.717) is 0 Å². The molecule has 5 heteroatoms. The van der Waals surface area contributed by atoms with Crippen LogP contribution in [0.5, 0.6) is 0 Å². The predicted octanol–water partition coefficient (Wildman–Crippen LogP) is 3.51. The molecule has 2 aromatic rings. The number of anilines is 1. The summed E-state index contributed by atoms with van der Waals surface area (Å²) < 4.78 is 0. The molecule has 0 radical (unpaired) electrons. The Balaban J connectivity index is 1.68. The number of aromatic nitrogens is 1. The number of hydrogen-bond donors (Lipinski definition) is 2. The van der Waals surface area contributed by atoms with Gasteiger partial charge in [0.2, 0.25) is 0 Å². The SMILES string of the molecule is CC[C@@H]1CCc2c(sc3c2C(=O)N[C@@H](c2ccccn2)N3)C1. The van der Waals surface area contributed by atoms with Crippen LogP contribution >= 0.6 is 11.3 Å². The molecule has 0 bridgehead atoms. The van der Waals surface area contributed by atoms with Gasteiger partial charge in [-0.1, -0.05) is 19.4 Å². The van der Waals surface area contributed by atoms with Gasteiger partial charge in [-0.05, 0) is 42.9 Å². The highest BCUT2D eigenvalue weighted by atomic mass is 32.1. The molecule has 0 unspecified atom stereocenters. The van der Waals surface area contributed by atoms with E-state index in [-0.39, 0.29) is 12.1 Å². The zero-order chi connectivity index (χ0) is 15.1. The van der Waals surface area contributed by atoms with Crippen molar-refractivity contribution >= 4 is 22.2 Å². The van der Waals surface area contributed by atoms with Gasteiger partial charge in [0.25, 0.3) is 5.91 Å². The van der Waals surface area contributed by atoms with Crippen molar-refractivity contribution in [3.05, 3.63) is 46.1 Å². The summed E-state index contributed by atoms with van der Waals surface area (Å²) >= 11 is 1.76. The van der Waals surface area contributed by atoms with Crippen molar-refractivity contribution in [3.63, 3.8) is 0 Å². The number of carbonyl (C=O) groups is 1. The van der Waals surface area contributed by atoms with E-state index in [2.05, 4.69) is 22.5 Å². The van der Waals surface area contributed by atoms with Crippen LogP contribution in [-0.4, -0.2) is 10.9 Å². The molecule has 2 atom stereocenters. The van der Waals surface area contributed by atoms with Crippen molar-refractivity contribution in [2.75, 3.05) is 5.32 Å². The number of pyridine rings is 1. The number of rotatable bonds is 2. The molecule has 22 heavy (non-hydrogen) atoms. The van der Waals surface area contributed by atoms with Crippen molar-refractivity contribution in [2.45, 2.75) is 38.8 Å². The summed E-state index contributed by atoms with van der Waals surface area (Å²) in [6.45, 7) is 2.26. The minimum Gasteiger partial charge on any atom is -0.351 e. The lowest BCUT2D eigenvalue weighted by Gasteiger charge is -2.26. The molecule has 114 valence electrons. The van der Waals surface area contributed by atoms with Crippen molar-refractivity contribution in [1.29, 1.82) is 0 Å². The van der Waals surface area contributed by atoms with E-state index >= 15 is 0 Å². The fourth-order valence-electron chi connectivity index (χ4n) is 3.41. The molecule has 1 amide bonds. The van der Waals surface area contributed by atoms with Gasteiger partial charge in [0.05, 0.1) is 11.3 Å². The number of nitrogens with zero attached hydrogens (tertiary/aromatic N) is 1. The Hall–Kier alpha value is -1.88. The molecule has 0 spiro atoms. The Morgan fingerprint density at radius 1 is 1.36 bits per heavy atom. The van der Waals surface area contributed by atoms with Crippen LogP contribution in [0, 0.1) is 5.92 Å². The van der Waals surface area contributed by atoms with Crippen LogP contribution in [0.2, 0.25) is 0 Å². The Bertz CT molecular complexity index is 710. The van der Waals surface area contributed by atoms with Crippen molar-refractivity contribution in [1.82, 2.24) is 10.3 Å². The van der Waals surface area contributed by atoms with Crippen LogP contribution in [-0.2, 0) is 12.8 Å². The number of thiophene rings is 1. The Kier molecular flexibility index (Phi) is 3.37. The van der Waals surface area contributed by atoms with Gasteiger partial charge in [-0.25, -0.2) is 0 Å². The summed E-state index contributed by atoms with van der Waals surface area (Å²) in [4.78, 5) is 18.3. The third kappa shape index (κ3) is 2.20. The van der Waals surface area contributed by atoms with E-state index in [1.807, 2.05) is 18.2 Å². The van der Waals surface area contributed by atoms with Gasteiger partial charge in [-0.2, -0.15) is 0 Å². The van der Waals surface area contributed by atoms with E-state index in [4.69, 9.17) is 0 Å². The number of hydrogen-bond acceptors (Lipinski definition) is 4. The number of nitrogens with one attached hydrogen (secondary N) is 2. The zero-order valence-electron chi connectivity index (χ0n) is 12.6. The summed E-state index contributed by atoms with van der Waals surface area (Å²) in [5.74, 6) is 0.805. The van der Waals surface area contributed by atoms with Crippen molar-refractivity contribution in [2.24, 2.45) is 5.92 Å². The minimum absolute atomic E-state index is 0.0388. The summed E-state index contributed by atoms with van der Waals surface area (Å²) in [5, 5.41) is 7.52. The van der Waals surface area contributed by atoms with E-state index in [1.54, 1.807) is 17.5 Å². The lowest BCUT2D eigenvalue weighted by Crippen LogP contribution is -2.38. The van der Waals surface area contributed by atoms with Gasteiger partial charge in [-0.15, -0.1) is 11.3 Å². The molecule has 0 fully saturated rings. The highest BCUT2D eigenvalue weighted by Gasteiger charge is 2.33. The van der Waals surface area contributed by atoms with Gasteiger partial charge in [0.1, 0.15) is 11.2 Å². The van der Waals surface area contributed by atoms with Gasteiger partial charge in [0, 0.05) is 11.1 Å². The number of fused-ring (bicyclic) bond motifs is 3. The molecule has 2 aliphatic rings. The monoisotopic (exact) mass is 313 g/mol. The Labute approximate surface area is 134 Å². The molecule has 1 aliphatic carbocycles. The van der Waals surface area contributed by atoms with Crippen molar-refractivity contribution < 1.29 is 4.79 Å². The van der Waals surface area contributed by atoms with Crippen molar-refractivity contribution in [3.8, 4) is 0 Å². The average Bonchev–Trinajstić information content (AvgIpc) is 2.93. The quantitative estimate of drug-likeness (QED) is 0.892. The van der Waals surface area contributed by atoms with Gasteiger partial charge >= 0.3 is 0 Å². The van der Waals surface area contributed by atoms with E-state index in [9.17, 15) is 4.79 Å². The molecule has 0 saturated heterocycles. The molecular weight excluding hydrogens is 294 g/mol. The van der Waals surface area contributed by atoms with Gasteiger partial charge < -0.3 is 10.6 Å². The van der Waals surface area contributed by atoms with Gasteiger partial charge in [-0.3, -0.25) is 9.78 Å². The minimum atomic E-state index is -0.233. The van der Waals surface area contributed by atoms with Crippen LogP contribution < -0.4 is 10.6 Å². The molecule has 2 aromatic heterocycles. The second kappa shape index (κ2) is 5.39. The number of carbonyl (C=O) groups excluding carboxylic acids is 1. The molecule has 4 nitrogen and oxygen atoms in total. The molecule has 0 aromatic carbocycles. The van der Waals surface area contributed by atoms with Crippen LogP contribution in [0.3, 0.4) is 0 Å². The first-order chi connectivity index (χ1) is 10.8. The normalized spacial score (nSPS) is 23.2. The molecule has 3 heterocycles. The molecule has 0 saturated carbocycles. The molecular formula is C17H19N3OS. The van der Waals surface area contributed by atoms with Crippen LogP contribution in [0.4, 0.5) is 5.00 Å². The van der Waals surface area contributed by atoms with Crippen LogP contribution in [0.1, 0.15) is 52.4 Å². The maximum absolute atomic E-state index is 12.6. The average molecular weight is 313 g/mol. The molecule has 4 rings (SSSR count). The third-order valence-electron chi connectivity index (χ3n) is 4.71. The first-order valence-corrected chi connectivity index (χ1v) is 8.70. The van der Waals surface area contributed by atoms with Crippen LogP contribution in [0.25, 0.3) is 0 Å². The highest BCUT2D eigenvalue weighted by Crippen LogP contribution is 2.42. The maximum atomic E-state index is 12.6. The van der Waals surface area contributed by atoms with Gasteiger partial charge in [0.15, 0.2) is 0 Å². The Morgan fingerprint density at radius 2 is 2.27 bits per heavy atom. The van der Waals surface area contributed by atoms with E-state index < -0.39 is 0 Å². The lowest BCUT2D eigenvalue weighted by atomic mass is 9.85.